The highest BCUT2D eigenvalue weighted by atomic mass is 79.9. The highest BCUT2D eigenvalue weighted by Crippen LogP contribution is 2.32. The lowest BCUT2D eigenvalue weighted by Gasteiger charge is -2.11. The summed E-state index contributed by atoms with van der Waals surface area (Å²) in [6.07, 6.45) is 0. The van der Waals surface area contributed by atoms with E-state index in [2.05, 4.69) is 15.9 Å². The second kappa shape index (κ2) is 5.89. The summed E-state index contributed by atoms with van der Waals surface area (Å²) >= 11 is 8.00. The van der Waals surface area contributed by atoms with Crippen LogP contribution >= 0.6 is 28.1 Å². The highest BCUT2D eigenvalue weighted by Gasteiger charge is 2.14. The second-order valence-corrected chi connectivity index (χ2v) is 5.68. The second-order valence-electron chi connectivity index (χ2n) is 4.45. The Morgan fingerprint density at radius 1 is 1.20 bits per heavy atom. The van der Waals surface area contributed by atoms with E-state index in [0.717, 1.165) is 11.1 Å². The SMILES string of the molecule is Cc1ccc(Oc2ccc(C(N)=S)c(Br)c2F)cc1C. The monoisotopic (exact) mass is 353 g/mol. The van der Waals surface area contributed by atoms with E-state index in [1.165, 1.54) is 6.07 Å². The summed E-state index contributed by atoms with van der Waals surface area (Å²) in [6, 6.07) is 8.75. The number of halogens is 2. The molecule has 0 saturated heterocycles. The maximum absolute atomic E-state index is 14.2. The summed E-state index contributed by atoms with van der Waals surface area (Å²) < 4.78 is 20.0. The van der Waals surface area contributed by atoms with Crippen molar-refractivity contribution < 1.29 is 9.13 Å². The minimum Gasteiger partial charge on any atom is -0.454 e. The van der Waals surface area contributed by atoms with Crippen LogP contribution in [0.2, 0.25) is 0 Å². The molecule has 0 amide bonds. The minimum absolute atomic E-state index is 0.125. The normalized spacial score (nSPS) is 10.4. The Balaban J connectivity index is 2.37. The summed E-state index contributed by atoms with van der Waals surface area (Å²) in [5, 5.41) is 0. The van der Waals surface area contributed by atoms with Crippen LogP contribution < -0.4 is 10.5 Å². The standard InChI is InChI=1S/C15H13BrFNOS/c1-8-3-4-10(7-9(8)2)19-12-6-5-11(15(18)20)13(16)14(12)17/h3-7H,1-2H3,(H2,18,20). The zero-order valence-electron chi connectivity index (χ0n) is 11.0. The van der Waals surface area contributed by atoms with Crippen LogP contribution in [-0.4, -0.2) is 4.99 Å². The molecular weight excluding hydrogens is 341 g/mol. The molecule has 2 N–H and O–H groups in total. The molecule has 2 rings (SSSR count). The Kier molecular flexibility index (Phi) is 4.40. The molecule has 0 bridgehead atoms. The fraction of sp³-hybridized carbons (Fsp3) is 0.133. The summed E-state index contributed by atoms with van der Waals surface area (Å²) in [4.78, 5) is 0.133. The molecule has 0 heterocycles. The molecule has 2 aromatic carbocycles. The third-order valence-electron chi connectivity index (χ3n) is 3.02. The number of aryl methyl sites for hydroxylation is 2. The van der Waals surface area contributed by atoms with E-state index in [0.29, 0.717) is 11.3 Å². The van der Waals surface area contributed by atoms with Crippen molar-refractivity contribution in [3.8, 4) is 11.5 Å². The smallest absolute Gasteiger partial charge is 0.180 e. The molecule has 0 radical (unpaired) electrons. The van der Waals surface area contributed by atoms with Gasteiger partial charge in [-0.05, 0) is 65.2 Å². The lowest BCUT2D eigenvalue weighted by molar-refractivity contribution is 0.440. The predicted molar refractivity (Wildman–Crippen MR) is 86.0 cm³/mol. The first-order valence-corrected chi connectivity index (χ1v) is 7.13. The van der Waals surface area contributed by atoms with Crippen molar-refractivity contribution in [2.45, 2.75) is 13.8 Å². The van der Waals surface area contributed by atoms with E-state index >= 15 is 0 Å². The van der Waals surface area contributed by atoms with Crippen LogP contribution in [0.3, 0.4) is 0 Å². The van der Waals surface area contributed by atoms with Crippen LogP contribution in [0.4, 0.5) is 4.39 Å². The van der Waals surface area contributed by atoms with Gasteiger partial charge >= 0.3 is 0 Å². The Morgan fingerprint density at radius 3 is 2.50 bits per heavy atom. The Hall–Kier alpha value is -1.46. The van der Waals surface area contributed by atoms with E-state index < -0.39 is 5.82 Å². The van der Waals surface area contributed by atoms with Gasteiger partial charge in [0.05, 0.1) is 4.47 Å². The molecule has 0 unspecified atom stereocenters. The third kappa shape index (κ3) is 2.99. The molecule has 2 aromatic rings. The summed E-state index contributed by atoms with van der Waals surface area (Å²) in [5.41, 5.74) is 8.21. The molecule has 0 spiro atoms. The Labute approximate surface area is 130 Å². The van der Waals surface area contributed by atoms with Gasteiger partial charge in [-0.3, -0.25) is 0 Å². The minimum atomic E-state index is -0.520. The summed E-state index contributed by atoms with van der Waals surface area (Å²) in [5.74, 6) is 0.190. The first-order chi connectivity index (χ1) is 9.40. The van der Waals surface area contributed by atoms with Gasteiger partial charge in [0.1, 0.15) is 10.7 Å². The Morgan fingerprint density at radius 2 is 1.90 bits per heavy atom. The molecule has 0 aliphatic carbocycles. The number of benzene rings is 2. The molecule has 0 aromatic heterocycles. The van der Waals surface area contributed by atoms with Crippen LogP contribution in [0.25, 0.3) is 0 Å². The summed E-state index contributed by atoms with van der Waals surface area (Å²) in [6.45, 7) is 3.98. The topological polar surface area (TPSA) is 35.2 Å². The molecule has 0 aliphatic heterocycles. The number of hydrogen-bond acceptors (Lipinski definition) is 2. The van der Waals surface area contributed by atoms with E-state index in [-0.39, 0.29) is 15.2 Å². The molecule has 0 saturated carbocycles. The van der Waals surface area contributed by atoms with Gasteiger partial charge in [0.2, 0.25) is 0 Å². The van der Waals surface area contributed by atoms with Crippen molar-refractivity contribution >= 4 is 33.1 Å². The third-order valence-corrected chi connectivity index (χ3v) is 4.01. The molecule has 104 valence electrons. The van der Waals surface area contributed by atoms with Crippen molar-refractivity contribution in [1.82, 2.24) is 0 Å². The fourth-order valence-electron chi connectivity index (χ4n) is 1.71. The summed E-state index contributed by atoms with van der Waals surface area (Å²) in [7, 11) is 0. The Bertz CT molecular complexity index is 688. The lowest BCUT2D eigenvalue weighted by Crippen LogP contribution is -2.11. The van der Waals surface area contributed by atoms with Crippen LogP contribution in [0.1, 0.15) is 16.7 Å². The number of ether oxygens (including phenoxy) is 1. The molecule has 5 heteroatoms. The van der Waals surface area contributed by atoms with Crippen molar-refractivity contribution in [1.29, 1.82) is 0 Å². The van der Waals surface area contributed by atoms with Crippen molar-refractivity contribution in [3.05, 3.63) is 57.3 Å². The average Bonchev–Trinajstić information content (AvgIpc) is 2.39. The molecule has 20 heavy (non-hydrogen) atoms. The van der Waals surface area contributed by atoms with Crippen molar-refractivity contribution in [2.24, 2.45) is 5.73 Å². The van der Waals surface area contributed by atoms with E-state index in [1.807, 2.05) is 26.0 Å². The zero-order chi connectivity index (χ0) is 14.9. The number of thiocarbonyl (C=S) groups is 1. The molecule has 0 fully saturated rings. The number of rotatable bonds is 3. The first kappa shape index (κ1) is 14.9. The van der Waals surface area contributed by atoms with E-state index in [9.17, 15) is 4.39 Å². The van der Waals surface area contributed by atoms with Crippen molar-refractivity contribution in [3.63, 3.8) is 0 Å². The van der Waals surface area contributed by atoms with Crippen LogP contribution in [-0.2, 0) is 0 Å². The highest BCUT2D eigenvalue weighted by molar-refractivity contribution is 9.10. The fourth-order valence-corrected chi connectivity index (χ4v) is 2.55. The lowest BCUT2D eigenvalue weighted by atomic mass is 10.1. The average molecular weight is 354 g/mol. The van der Waals surface area contributed by atoms with Gasteiger partial charge in [0, 0.05) is 5.56 Å². The molecule has 2 nitrogen and oxygen atoms in total. The van der Waals surface area contributed by atoms with Gasteiger partial charge in [-0.1, -0.05) is 18.3 Å². The maximum atomic E-state index is 14.2. The van der Waals surface area contributed by atoms with Crippen molar-refractivity contribution in [2.75, 3.05) is 0 Å². The maximum Gasteiger partial charge on any atom is 0.180 e. The van der Waals surface area contributed by atoms with Gasteiger partial charge in [0.15, 0.2) is 11.6 Å². The van der Waals surface area contributed by atoms with Gasteiger partial charge in [-0.2, -0.15) is 0 Å². The largest absolute Gasteiger partial charge is 0.454 e. The van der Waals surface area contributed by atoms with E-state index in [4.69, 9.17) is 22.7 Å². The van der Waals surface area contributed by atoms with Crippen LogP contribution in [0, 0.1) is 19.7 Å². The number of nitrogens with two attached hydrogens (primary N) is 1. The van der Waals surface area contributed by atoms with E-state index in [1.54, 1.807) is 12.1 Å². The molecular formula is C15H13BrFNOS. The van der Waals surface area contributed by atoms with Gasteiger partial charge < -0.3 is 10.5 Å². The quantitative estimate of drug-likeness (QED) is 0.817. The first-order valence-electron chi connectivity index (χ1n) is 5.93. The van der Waals surface area contributed by atoms with Gasteiger partial charge in [-0.25, -0.2) is 4.39 Å². The van der Waals surface area contributed by atoms with Gasteiger partial charge in [0.25, 0.3) is 0 Å². The molecule has 0 aliphatic rings. The van der Waals surface area contributed by atoms with Gasteiger partial charge in [-0.15, -0.1) is 0 Å². The number of hydrogen-bond donors (Lipinski definition) is 1. The van der Waals surface area contributed by atoms with Crippen LogP contribution in [0.5, 0.6) is 11.5 Å². The zero-order valence-corrected chi connectivity index (χ0v) is 13.4. The predicted octanol–water partition coefficient (Wildman–Crippen LogP) is 4.63. The molecule has 0 atom stereocenters. The van der Waals surface area contributed by atoms with Crippen LogP contribution in [0.15, 0.2) is 34.8 Å².